The molecule has 0 saturated carbocycles. The lowest BCUT2D eigenvalue weighted by Crippen LogP contribution is -2.37. The second-order valence-electron chi connectivity index (χ2n) is 5.48. The molecule has 2 aromatic rings. The predicted octanol–water partition coefficient (Wildman–Crippen LogP) is 1.87. The van der Waals surface area contributed by atoms with E-state index in [0.717, 1.165) is 11.5 Å². The summed E-state index contributed by atoms with van der Waals surface area (Å²) in [6, 6.07) is 4.42. The number of aromatic amines is 1. The number of imidazole rings is 1. The van der Waals surface area contributed by atoms with E-state index >= 15 is 0 Å². The molecule has 0 spiro atoms. The first-order valence-corrected chi connectivity index (χ1v) is 7.11. The lowest BCUT2D eigenvalue weighted by Gasteiger charge is -2.19. The Labute approximate surface area is 127 Å². The number of H-pyrrole nitrogens is 1. The lowest BCUT2D eigenvalue weighted by atomic mass is 10.2. The number of fused-ring (bicyclic) bond motifs is 1. The molecule has 0 aliphatic carbocycles. The normalized spacial score (nSPS) is 17.4. The quantitative estimate of drug-likeness (QED) is 0.937. The van der Waals surface area contributed by atoms with E-state index in [4.69, 9.17) is 4.84 Å². The maximum atomic E-state index is 13.1. The molecule has 1 atom stereocenters. The van der Waals surface area contributed by atoms with Crippen LogP contribution >= 0.6 is 0 Å². The minimum absolute atomic E-state index is 0.0947. The van der Waals surface area contributed by atoms with Crippen molar-refractivity contribution in [2.45, 2.75) is 25.9 Å². The number of aromatic nitrogens is 2. The monoisotopic (exact) mass is 304 g/mol. The summed E-state index contributed by atoms with van der Waals surface area (Å²) in [6.07, 6.45) is 0.577. The number of likely N-dealkylation sites (N-methyl/N-ethyl adjacent to an activating group) is 1. The number of hydrogen-bond acceptors (Lipinski definition) is 4. The first kappa shape index (κ1) is 14.5. The number of oxime groups is 1. The molecule has 7 heteroatoms. The van der Waals surface area contributed by atoms with Gasteiger partial charge in [-0.2, -0.15) is 0 Å². The molecular weight excluding hydrogens is 287 g/mol. The Morgan fingerprint density at radius 3 is 3.09 bits per heavy atom. The van der Waals surface area contributed by atoms with Crippen LogP contribution in [-0.4, -0.2) is 46.2 Å². The largest absolute Gasteiger partial charge is 0.382 e. The average Bonchev–Trinajstić information content (AvgIpc) is 3.09. The Hall–Kier alpha value is -2.44. The maximum Gasteiger partial charge on any atom is 0.266 e. The van der Waals surface area contributed by atoms with E-state index in [1.807, 2.05) is 6.92 Å². The third kappa shape index (κ3) is 2.93. The molecule has 0 saturated heterocycles. The van der Waals surface area contributed by atoms with Crippen molar-refractivity contribution in [1.29, 1.82) is 0 Å². The fraction of sp³-hybridized carbons (Fsp3) is 0.400. The van der Waals surface area contributed by atoms with E-state index in [-0.39, 0.29) is 11.7 Å². The molecule has 116 valence electrons. The first-order chi connectivity index (χ1) is 10.5. The highest BCUT2D eigenvalue weighted by Crippen LogP contribution is 2.15. The van der Waals surface area contributed by atoms with Crippen LogP contribution in [0.25, 0.3) is 11.0 Å². The topological polar surface area (TPSA) is 70.6 Å². The van der Waals surface area contributed by atoms with Gasteiger partial charge < -0.3 is 14.7 Å². The third-order valence-electron chi connectivity index (χ3n) is 3.65. The summed E-state index contributed by atoms with van der Waals surface area (Å²) in [5.74, 6) is 0.325. The summed E-state index contributed by atoms with van der Waals surface area (Å²) in [5, 5.41) is 3.79. The van der Waals surface area contributed by atoms with Crippen molar-refractivity contribution < 1.29 is 14.0 Å². The van der Waals surface area contributed by atoms with Gasteiger partial charge >= 0.3 is 0 Å². The van der Waals surface area contributed by atoms with E-state index in [2.05, 4.69) is 15.1 Å². The van der Waals surface area contributed by atoms with Gasteiger partial charge in [-0.1, -0.05) is 5.16 Å². The van der Waals surface area contributed by atoms with Crippen molar-refractivity contribution in [3.8, 4) is 0 Å². The van der Waals surface area contributed by atoms with Crippen molar-refractivity contribution in [3.63, 3.8) is 0 Å². The number of nitrogens with zero attached hydrogens (tertiary/aromatic N) is 3. The summed E-state index contributed by atoms with van der Waals surface area (Å²) in [5.41, 5.74) is 2.20. The molecule has 2 heterocycles. The Morgan fingerprint density at radius 1 is 1.55 bits per heavy atom. The van der Waals surface area contributed by atoms with Crippen LogP contribution in [0, 0.1) is 5.82 Å². The Morgan fingerprint density at radius 2 is 2.36 bits per heavy atom. The van der Waals surface area contributed by atoms with Crippen molar-refractivity contribution in [2.24, 2.45) is 5.16 Å². The van der Waals surface area contributed by atoms with Gasteiger partial charge in [0, 0.05) is 26.4 Å². The number of halogens is 1. The van der Waals surface area contributed by atoms with Gasteiger partial charge in [-0.25, -0.2) is 9.37 Å². The second kappa shape index (κ2) is 5.75. The molecule has 0 radical (unpaired) electrons. The van der Waals surface area contributed by atoms with Gasteiger partial charge in [0.05, 0.1) is 16.7 Å². The van der Waals surface area contributed by atoms with E-state index in [0.29, 0.717) is 30.4 Å². The molecule has 6 nitrogen and oxygen atoms in total. The van der Waals surface area contributed by atoms with E-state index in [1.165, 1.54) is 12.1 Å². The van der Waals surface area contributed by atoms with Gasteiger partial charge in [-0.3, -0.25) is 4.79 Å². The van der Waals surface area contributed by atoms with Crippen LogP contribution in [0.2, 0.25) is 0 Å². The van der Waals surface area contributed by atoms with Crippen LogP contribution in [0.1, 0.15) is 19.2 Å². The molecule has 1 amide bonds. The molecule has 0 fully saturated rings. The average molecular weight is 304 g/mol. The number of carbonyl (C=O) groups is 1. The highest BCUT2D eigenvalue weighted by atomic mass is 19.1. The standard InChI is InChI=1S/C15H17FN4O2/c1-9-7-13(22-19-9)15(21)20(2)6-5-14-17-11-4-3-10(16)8-12(11)18-14/h3-4,8,13H,5-7H2,1-2H3,(H,17,18). The molecule has 22 heavy (non-hydrogen) atoms. The zero-order valence-corrected chi connectivity index (χ0v) is 12.5. The predicted molar refractivity (Wildman–Crippen MR) is 80.0 cm³/mol. The van der Waals surface area contributed by atoms with Crippen LogP contribution in [0.15, 0.2) is 23.4 Å². The molecule has 1 aliphatic heterocycles. The van der Waals surface area contributed by atoms with Gasteiger partial charge in [0.15, 0.2) is 0 Å². The lowest BCUT2D eigenvalue weighted by molar-refractivity contribution is -0.140. The molecule has 1 aliphatic rings. The molecule has 1 unspecified atom stereocenters. The summed E-state index contributed by atoms with van der Waals surface area (Å²) in [6.45, 7) is 2.33. The number of rotatable bonds is 4. The molecule has 1 aromatic carbocycles. The minimum atomic E-state index is -0.519. The second-order valence-corrected chi connectivity index (χ2v) is 5.48. The van der Waals surface area contributed by atoms with Crippen molar-refractivity contribution in [2.75, 3.05) is 13.6 Å². The number of benzene rings is 1. The first-order valence-electron chi connectivity index (χ1n) is 7.11. The zero-order chi connectivity index (χ0) is 15.7. The number of carbonyl (C=O) groups excluding carboxylic acids is 1. The van der Waals surface area contributed by atoms with Crippen LogP contribution in [0.4, 0.5) is 4.39 Å². The summed E-state index contributed by atoms with van der Waals surface area (Å²) in [4.78, 5) is 26.3. The van der Waals surface area contributed by atoms with Gasteiger partial charge in [0.1, 0.15) is 11.6 Å². The van der Waals surface area contributed by atoms with Crippen molar-refractivity contribution >= 4 is 22.7 Å². The zero-order valence-electron chi connectivity index (χ0n) is 12.5. The maximum absolute atomic E-state index is 13.1. The van der Waals surface area contributed by atoms with E-state index in [1.54, 1.807) is 18.0 Å². The molecule has 1 N–H and O–H groups in total. The van der Waals surface area contributed by atoms with Crippen LogP contribution < -0.4 is 0 Å². The van der Waals surface area contributed by atoms with Gasteiger partial charge in [-0.05, 0) is 25.1 Å². The highest BCUT2D eigenvalue weighted by molar-refractivity contribution is 5.91. The van der Waals surface area contributed by atoms with Gasteiger partial charge in [0.2, 0.25) is 6.10 Å². The van der Waals surface area contributed by atoms with Crippen LogP contribution in [0.3, 0.4) is 0 Å². The third-order valence-corrected chi connectivity index (χ3v) is 3.65. The highest BCUT2D eigenvalue weighted by Gasteiger charge is 2.28. The van der Waals surface area contributed by atoms with Gasteiger partial charge in [0.25, 0.3) is 5.91 Å². The molecule has 1 aromatic heterocycles. The summed E-state index contributed by atoms with van der Waals surface area (Å²) >= 11 is 0. The van der Waals surface area contributed by atoms with Crippen molar-refractivity contribution in [3.05, 3.63) is 29.8 Å². The van der Waals surface area contributed by atoms with Gasteiger partial charge in [-0.15, -0.1) is 0 Å². The summed E-state index contributed by atoms with van der Waals surface area (Å²) < 4.78 is 13.1. The van der Waals surface area contributed by atoms with Crippen molar-refractivity contribution in [1.82, 2.24) is 14.9 Å². The molecule has 3 rings (SSSR count). The Balaban J connectivity index is 1.60. The smallest absolute Gasteiger partial charge is 0.266 e. The van der Waals surface area contributed by atoms with E-state index < -0.39 is 6.10 Å². The Bertz CT molecular complexity index is 740. The number of hydrogen-bond donors (Lipinski definition) is 1. The number of amides is 1. The van der Waals surface area contributed by atoms with E-state index in [9.17, 15) is 9.18 Å². The summed E-state index contributed by atoms with van der Waals surface area (Å²) in [7, 11) is 1.72. The fourth-order valence-corrected chi connectivity index (χ4v) is 2.41. The van der Waals surface area contributed by atoms with Crippen LogP contribution in [-0.2, 0) is 16.1 Å². The number of nitrogens with one attached hydrogen (secondary N) is 1. The minimum Gasteiger partial charge on any atom is -0.382 e. The molecule has 0 bridgehead atoms. The molecular formula is C15H17FN4O2. The SMILES string of the molecule is CC1=NOC(C(=O)N(C)CCc2nc3ccc(F)cc3[nH]2)C1. The van der Waals surface area contributed by atoms with Crippen LogP contribution in [0.5, 0.6) is 0 Å². The Kier molecular flexibility index (Phi) is 3.79. The fourth-order valence-electron chi connectivity index (χ4n) is 2.41.